The van der Waals surface area contributed by atoms with Gasteiger partial charge in [-0.1, -0.05) is 12.2 Å². The Morgan fingerprint density at radius 3 is 2.55 bits per heavy atom. The van der Waals surface area contributed by atoms with Gasteiger partial charge in [0.15, 0.2) is 0 Å². The Morgan fingerprint density at radius 1 is 1.35 bits per heavy atom. The summed E-state index contributed by atoms with van der Waals surface area (Å²) in [6.45, 7) is 2.63. The zero-order valence-corrected chi connectivity index (χ0v) is 13.9. The summed E-state index contributed by atoms with van der Waals surface area (Å²) in [5.41, 5.74) is 5.50. The van der Waals surface area contributed by atoms with E-state index in [9.17, 15) is 8.42 Å². The molecule has 1 aliphatic rings. The van der Waals surface area contributed by atoms with Crippen LogP contribution in [0.15, 0.2) is 27.8 Å². The highest BCUT2D eigenvalue weighted by molar-refractivity contribution is 9.10. The van der Waals surface area contributed by atoms with E-state index in [4.69, 9.17) is 18.0 Å². The Kier molecular flexibility index (Phi) is 5.08. The standard InChI is InChI=1S/C11H15BrN4O2S2/c12-9-5-10(7-14-6-9)20(17,18)16-3-1-15(2-4-16)8-11(13)19/h5-7H,1-4,8H2,(H2,13,19). The minimum absolute atomic E-state index is 0.203. The number of hydrogen-bond acceptors (Lipinski definition) is 5. The smallest absolute Gasteiger partial charge is 0.244 e. The Morgan fingerprint density at radius 2 is 2.00 bits per heavy atom. The number of thiocarbonyl (C=S) groups is 1. The molecule has 0 saturated carbocycles. The van der Waals surface area contributed by atoms with Gasteiger partial charge < -0.3 is 5.73 Å². The van der Waals surface area contributed by atoms with Crippen LogP contribution >= 0.6 is 28.1 Å². The molecule has 0 spiro atoms. The van der Waals surface area contributed by atoms with Crippen molar-refractivity contribution in [3.8, 4) is 0 Å². The van der Waals surface area contributed by atoms with Gasteiger partial charge in [0, 0.05) is 49.6 Å². The number of hydrogen-bond donors (Lipinski definition) is 1. The zero-order chi connectivity index (χ0) is 14.8. The third kappa shape index (κ3) is 3.73. The van der Waals surface area contributed by atoms with E-state index in [0.717, 1.165) is 0 Å². The van der Waals surface area contributed by atoms with Crippen molar-refractivity contribution in [3.63, 3.8) is 0 Å². The molecule has 1 aliphatic heterocycles. The van der Waals surface area contributed by atoms with Crippen LogP contribution in [0, 0.1) is 0 Å². The van der Waals surface area contributed by atoms with Crippen LogP contribution in [-0.2, 0) is 10.0 Å². The number of piperazine rings is 1. The van der Waals surface area contributed by atoms with Crippen LogP contribution in [0.4, 0.5) is 0 Å². The first-order valence-electron chi connectivity index (χ1n) is 6.01. The van der Waals surface area contributed by atoms with Crippen molar-refractivity contribution in [2.75, 3.05) is 32.7 Å². The third-order valence-corrected chi connectivity index (χ3v) is 5.46. The maximum absolute atomic E-state index is 12.5. The van der Waals surface area contributed by atoms with Crippen LogP contribution in [0.25, 0.3) is 0 Å². The molecule has 0 aliphatic carbocycles. The molecule has 2 heterocycles. The lowest BCUT2D eigenvalue weighted by atomic mass is 10.3. The summed E-state index contributed by atoms with van der Waals surface area (Å²) in [4.78, 5) is 6.58. The van der Waals surface area contributed by atoms with Crippen LogP contribution in [0.1, 0.15) is 0 Å². The van der Waals surface area contributed by atoms with Gasteiger partial charge in [0.2, 0.25) is 10.0 Å². The topological polar surface area (TPSA) is 79.5 Å². The van der Waals surface area contributed by atoms with Gasteiger partial charge in [0.1, 0.15) is 4.90 Å². The number of aromatic nitrogens is 1. The first-order valence-corrected chi connectivity index (χ1v) is 8.65. The van der Waals surface area contributed by atoms with Gasteiger partial charge in [-0.2, -0.15) is 4.31 Å². The van der Waals surface area contributed by atoms with Crippen molar-refractivity contribution < 1.29 is 8.42 Å². The third-order valence-electron chi connectivity index (χ3n) is 3.03. The van der Waals surface area contributed by atoms with E-state index in [-0.39, 0.29) is 4.90 Å². The van der Waals surface area contributed by atoms with Crippen molar-refractivity contribution >= 4 is 43.2 Å². The normalized spacial score (nSPS) is 18.1. The van der Waals surface area contributed by atoms with E-state index < -0.39 is 10.0 Å². The molecule has 0 amide bonds. The average molecular weight is 379 g/mol. The summed E-state index contributed by atoms with van der Waals surface area (Å²) >= 11 is 8.09. The highest BCUT2D eigenvalue weighted by Gasteiger charge is 2.28. The summed E-state index contributed by atoms with van der Waals surface area (Å²) in [7, 11) is -3.49. The molecule has 1 aromatic heterocycles. The summed E-state index contributed by atoms with van der Waals surface area (Å²) in [5, 5.41) is 0. The van der Waals surface area contributed by atoms with Gasteiger partial charge >= 0.3 is 0 Å². The Bertz CT molecular complexity index is 600. The highest BCUT2D eigenvalue weighted by Crippen LogP contribution is 2.19. The number of nitrogens with zero attached hydrogens (tertiary/aromatic N) is 3. The number of nitrogens with two attached hydrogens (primary N) is 1. The average Bonchev–Trinajstić information content (AvgIpc) is 2.38. The van der Waals surface area contributed by atoms with Gasteiger partial charge in [-0.25, -0.2) is 8.42 Å². The highest BCUT2D eigenvalue weighted by atomic mass is 79.9. The number of pyridine rings is 1. The molecule has 6 nitrogen and oxygen atoms in total. The fraction of sp³-hybridized carbons (Fsp3) is 0.455. The van der Waals surface area contributed by atoms with Crippen molar-refractivity contribution in [1.82, 2.24) is 14.2 Å². The van der Waals surface area contributed by atoms with Gasteiger partial charge in [-0.3, -0.25) is 9.88 Å². The molecular formula is C11H15BrN4O2S2. The lowest BCUT2D eigenvalue weighted by Gasteiger charge is -2.33. The molecule has 2 rings (SSSR count). The summed E-state index contributed by atoms with van der Waals surface area (Å²) in [6.07, 6.45) is 2.92. The second-order valence-electron chi connectivity index (χ2n) is 4.49. The van der Waals surface area contributed by atoms with E-state index in [1.807, 2.05) is 4.90 Å². The minimum atomic E-state index is -3.49. The molecule has 1 aromatic rings. The molecule has 9 heteroatoms. The van der Waals surface area contributed by atoms with Gasteiger partial charge in [0.05, 0.1) is 4.99 Å². The fourth-order valence-electron chi connectivity index (χ4n) is 2.03. The van der Waals surface area contributed by atoms with Crippen molar-refractivity contribution in [1.29, 1.82) is 0 Å². The van der Waals surface area contributed by atoms with E-state index in [0.29, 0.717) is 42.2 Å². The van der Waals surface area contributed by atoms with Crippen LogP contribution in [-0.4, -0.2) is 60.3 Å². The molecule has 0 atom stereocenters. The lowest BCUT2D eigenvalue weighted by molar-refractivity contribution is 0.209. The summed E-state index contributed by atoms with van der Waals surface area (Å²) < 4.78 is 27.0. The summed E-state index contributed by atoms with van der Waals surface area (Å²) in [5.74, 6) is 0. The maximum Gasteiger partial charge on any atom is 0.244 e. The SMILES string of the molecule is NC(=S)CN1CCN(S(=O)(=O)c2cncc(Br)c2)CC1. The largest absolute Gasteiger partial charge is 0.392 e. The molecule has 20 heavy (non-hydrogen) atoms. The monoisotopic (exact) mass is 378 g/mol. The molecule has 0 aromatic carbocycles. The van der Waals surface area contributed by atoms with Crippen molar-refractivity contribution in [2.24, 2.45) is 5.73 Å². The first kappa shape index (κ1) is 15.8. The molecule has 110 valence electrons. The van der Waals surface area contributed by atoms with Crippen molar-refractivity contribution in [3.05, 3.63) is 22.9 Å². The van der Waals surface area contributed by atoms with E-state index in [2.05, 4.69) is 20.9 Å². The number of rotatable bonds is 4. The molecule has 0 radical (unpaired) electrons. The van der Waals surface area contributed by atoms with Crippen LogP contribution in [0.5, 0.6) is 0 Å². The maximum atomic E-state index is 12.5. The fourth-order valence-corrected chi connectivity index (χ4v) is 4.14. The number of sulfonamides is 1. The van der Waals surface area contributed by atoms with Crippen LogP contribution < -0.4 is 5.73 Å². The van der Waals surface area contributed by atoms with Crippen molar-refractivity contribution in [2.45, 2.75) is 4.90 Å². The first-order chi connectivity index (χ1) is 9.39. The van der Waals surface area contributed by atoms with Crippen LogP contribution in [0.3, 0.4) is 0 Å². The summed E-state index contributed by atoms with van der Waals surface area (Å²) in [6, 6.07) is 1.56. The van der Waals surface area contributed by atoms with E-state index in [1.165, 1.54) is 10.5 Å². The predicted octanol–water partition coefficient (Wildman–Crippen LogP) is 0.437. The second kappa shape index (κ2) is 6.44. The molecule has 0 bridgehead atoms. The van der Waals surface area contributed by atoms with Gasteiger partial charge in [0.25, 0.3) is 0 Å². The van der Waals surface area contributed by atoms with Crippen LogP contribution in [0.2, 0.25) is 0 Å². The Labute approximate surface area is 132 Å². The molecule has 1 fully saturated rings. The molecule has 1 saturated heterocycles. The molecular weight excluding hydrogens is 364 g/mol. The minimum Gasteiger partial charge on any atom is -0.392 e. The molecule has 2 N–H and O–H groups in total. The quantitative estimate of drug-likeness (QED) is 0.765. The van der Waals surface area contributed by atoms with E-state index >= 15 is 0 Å². The predicted molar refractivity (Wildman–Crippen MR) is 83.9 cm³/mol. The number of halogens is 1. The lowest BCUT2D eigenvalue weighted by Crippen LogP contribution is -2.50. The van der Waals surface area contributed by atoms with E-state index in [1.54, 1.807) is 12.3 Å². The van der Waals surface area contributed by atoms with Gasteiger partial charge in [-0.15, -0.1) is 0 Å². The van der Waals surface area contributed by atoms with Gasteiger partial charge in [-0.05, 0) is 22.0 Å². The Hall–Kier alpha value is -0.610. The zero-order valence-electron chi connectivity index (χ0n) is 10.7. The Balaban J connectivity index is 2.08. The molecule has 0 unspecified atom stereocenters. The second-order valence-corrected chi connectivity index (χ2v) is 7.86.